The maximum atomic E-state index is 13.0. The van der Waals surface area contributed by atoms with E-state index < -0.39 is 6.04 Å². The van der Waals surface area contributed by atoms with Gasteiger partial charge in [0, 0.05) is 12.8 Å². The SMILES string of the molecule is CCCCCCCC/C=C\CCCCCCCC(=O)C(C(=O)CCCCCCC/C=C\CCCCCCCC)[N+](C)(C)Cl.[Cl-]. The highest BCUT2D eigenvalue weighted by Crippen LogP contribution is 2.20. The first-order valence-corrected chi connectivity index (χ1v) is 19.1. The minimum Gasteiger partial charge on any atom is -1.00 e. The Hall–Kier alpha value is -0.640. The van der Waals surface area contributed by atoms with Gasteiger partial charge in [0.25, 0.3) is 0 Å². The maximum Gasteiger partial charge on any atom is 0.223 e. The third-order valence-electron chi connectivity index (χ3n) is 8.59. The second-order valence-corrected chi connectivity index (χ2v) is 14.3. The highest BCUT2D eigenvalue weighted by Gasteiger charge is 2.39. The van der Waals surface area contributed by atoms with Gasteiger partial charge in [-0.05, 0) is 64.2 Å². The number of Topliss-reactive ketones (excluding diaryl/α,β-unsaturated/α-hetero) is 2. The van der Waals surface area contributed by atoms with E-state index >= 15 is 0 Å². The van der Waals surface area contributed by atoms with Gasteiger partial charge >= 0.3 is 0 Å². The first-order chi connectivity index (χ1) is 20.8. The zero-order valence-electron chi connectivity index (χ0n) is 29.7. The van der Waals surface area contributed by atoms with Crippen molar-refractivity contribution in [3.05, 3.63) is 24.3 Å². The quantitative estimate of drug-likeness (QED) is 0.0305. The second kappa shape index (κ2) is 33.7. The van der Waals surface area contributed by atoms with Crippen LogP contribution in [0, 0.1) is 0 Å². The van der Waals surface area contributed by atoms with Gasteiger partial charge < -0.3 is 12.4 Å². The predicted octanol–water partition coefficient (Wildman–Crippen LogP) is 9.80. The van der Waals surface area contributed by atoms with Crippen molar-refractivity contribution in [2.75, 3.05) is 14.1 Å². The molecule has 3 nitrogen and oxygen atoms in total. The number of carbonyl (C=O) groups excluding carboxylic acids is 2. The highest BCUT2D eigenvalue weighted by molar-refractivity contribution is 6.13. The van der Waals surface area contributed by atoms with Crippen molar-refractivity contribution in [3.63, 3.8) is 0 Å². The molecule has 0 aliphatic rings. The molecule has 0 N–H and O–H groups in total. The van der Waals surface area contributed by atoms with E-state index in [4.69, 9.17) is 11.8 Å². The van der Waals surface area contributed by atoms with Crippen LogP contribution in [0.1, 0.15) is 194 Å². The standard InChI is InChI=1S/C39H73ClNO2.ClH/c1-5-7-9-11-13-15-17-19-21-23-25-27-29-31-33-35-37(42)39(41(3,4)40)38(43)36-34-32-30-28-26-24-22-20-18-16-14-12-10-8-6-2;/h19-22,39H,5-18,23-36H2,1-4H3;1H/q+1;/p-1/b21-19-,22-20-;. The summed E-state index contributed by atoms with van der Waals surface area (Å²) in [5, 5.41) is 0. The number of nitrogens with zero attached hydrogens (tertiary/aromatic N) is 1. The summed E-state index contributed by atoms with van der Waals surface area (Å²) in [7, 11) is 3.53. The Bertz CT molecular complexity index is 647. The Kier molecular flexibility index (Phi) is 34.9. The van der Waals surface area contributed by atoms with Crippen LogP contribution in [0.4, 0.5) is 0 Å². The smallest absolute Gasteiger partial charge is 0.223 e. The van der Waals surface area contributed by atoms with E-state index in [1.807, 2.05) is 0 Å². The van der Waals surface area contributed by atoms with E-state index in [0.717, 1.165) is 38.5 Å². The molecular formula is C39H73Cl2NO2. The fraction of sp³-hybridized carbons (Fsp3) is 0.846. The number of allylic oxidation sites excluding steroid dienone is 4. The number of ketones is 2. The summed E-state index contributed by atoms with van der Waals surface area (Å²) in [6.07, 6.45) is 42.5. The molecule has 0 unspecified atom stereocenters. The van der Waals surface area contributed by atoms with E-state index in [1.54, 1.807) is 14.1 Å². The van der Waals surface area contributed by atoms with Gasteiger partial charge in [0.1, 0.15) is 0 Å². The zero-order chi connectivity index (χ0) is 31.9. The van der Waals surface area contributed by atoms with Crippen LogP contribution in [0.5, 0.6) is 0 Å². The van der Waals surface area contributed by atoms with Crippen LogP contribution in [-0.2, 0) is 9.59 Å². The molecule has 0 radical (unpaired) electrons. The van der Waals surface area contributed by atoms with Crippen molar-refractivity contribution < 1.29 is 26.0 Å². The molecule has 0 amide bonds. The van der Waals surface area contributed by atoms with E-state index in [2.05, 4.69) is 38.2 Å². The number of carbonyl (C=O) groups is 2. The van der Waals surface area contributed by atoms with Gasteiger partial charge in [-0.1, -0.05) is 141 Å². The molecule has 0 atom stereocenters. The summed E-state index contributed by atoms with van der Waals surface area (Å²) >= 11 is 6.51. The van der Waals surface area contributed by atoms with Crippen molar-refractivity contribution >= 4 is 23.3 Å². The van der Waals surface area contributed by atoms with Crippen LogP contribution in [0.3, 0.4) is 0 Å². The second-order valence-electron chi connectivity index (χ2n) is 13.4. The summed E-state index contributed by atoms with van der Waals surface area (Å²) < 4.78 is -0.103. The fourth-order valence-electron chi connectivity index (χ4n) is 5.88. The van der Waals surface area contributed by atoms with Crippen LogP contribution in [0.2, 0.25) is 0 Å². The van der Waals surface area contributed by atoms with Gasteiger partial charge in [-0.2, -0.15) is 0 Å². The van der Waals surface area contributed by atoms with Gasteiger partial charge in [-0.3, -0.25) is 9.59 Å². The normalized spacial score (nSPS) is 12.0. The zero-order valence-corrected chi connectivity index (χ0v) is 31.2. The van der Waals surface area contributed by atoms with Crippen molar-refractivity contribution in [1.82, 2.24) is 0 Å². The molecule has 0 aromatic rings. The topological polar surface area (TPSA) is 34.1 Å². The number of rotatable bonds is 33. The molecule has 0 rings (SSSR count). The Morgan fingerprint density at radius 1 is 0.477 bits per heavy atom. The largest absolute Gasteiger partial charge is 1.00 e. The molecule has 5 heteroatoms. The molecule has 0 aromatic heterocycles. The number of hydrogen-bond donors (Lipinski definition) is 0. The van der Waals surface area contributed by atoms with Gasteiger partial charge in [0.2, 0.25) is 6.04 Å². The number of halogens is 2. The molecule has 0 aliphatic carbocycles. The number of hydrogen-bond acceptors (Lipinski definition) is 2. The molecule has 0 aliphatic heterocycles. The summed E-state index contributed by atoms with van der Waals surface area (Å²) in [5.74, 6) is 0.0470. The lowest BCUT2D eigenvalue weighted by atomic mass is 9.97. The third kappa shape index (κ3) is 30.0. The first kappa shape index (κ1) is 45.5. The summed E-state index contributed by atoms with van der Waals surface area (Å²) in [4.78, 5) is 26.0. The molecule has 0 bridgehead atoms. The number of quaternary nitrogens is 1. The Labute approximate surface area is 286 Å². The minimum atomic E-state index is -0.727. The number of unbranched alkanes of at least 4 members (excludes halogenated alkanes) is 22. The van der Waals surface area contributed by atoms with E-state index in [-0.39, 0.29) is 28.0 Å². The summed E-state index contributed by atoms with van der Waals surface area (Å²) in [5.41, 5.74) is 0. The van der Waals surface area contributed by atoms with E-state index in [1.165, 1.54) is 128 Å². The molecule has 0 saturated carbocycles. The highest BCUT2D eigenvalue weighted by atomic mass is 35.5. The van der Waals surface area contributed by atoms with E-state index in [9.17, 15) is 9.59 Å². The van der Waals surface area contributed by atoms with Crippen LogP contribution < -0.4 is 12.4 Å². The first-order valence-electron chi connectivity index (χ1n) is 18.7. The number of likely N-dealkylation sites (N-methyl/N-ethyl adjacent to an activating group) is 1. The fourth-order valence-corrected chi connectivity index (χ4v) is 6.10. The van der Waals surface area contributed by atoms with E-state index in [0.29, 0.717) is 12.8 Å². The average Bonchev–Trinajstić information content (AvgIpc) is 2.96. The lowest BCUT2D eigenvalue weighted by Crippen LogP contribution is -3.00. The molecule has 0 spiro atoms. The van der Waals surface area contributed by atoms with Crippen LogP contribution in [0.15, 0.2) is 24.3 Å². The lowest BCUT2D eigenvalue weighted by molar-refractivity contribution is -0.779. The van der Waals surface area contributed by atoms with Crippen LogP contribution in [0.25, 0.3) is 0 Å². The predicted molar refractivity (Wildman–Crippen MR) is 191 cm³/mol. The molecule has 260 valence electrons. The Balaban J connectivity index is 0. The Morgan fingerprint density at radius 2 is 0.727 bits per heavy atom. The van der Waals surface area contributed by atoms with Gasteiger partial charge in [0.05, 0.1) is 14.1 Å². The van der Waals surface area contributed by atoms with Gasteiger partial charge in [-0.25, -0.2) is 4.00 Å². The Morgan fingerprint density at radius 3 is 1.00 bits per heavy atom. The molecule has 0 aromatic carbocycles. The lowest BCUT2D eigenvalue weighted by Gasteiger charge is -2.27. The van der Waals surface area contributed by atoms with Crippen LogP contribution in [-0.4, -0.2) is 35.7 Å². The van der Waals surface area contributed by atoms with Gasteiger partial charge in [0.15, 0.2) is 23.3 Å². The van der Waals surface area contributed by atoms with Crippen molar-refractivity contribution in [1.29, 1.82) is 0 Å². The third-order valence-corrected chi connectivity index (χ3v) is 8.79. The average molecular weight is 659 g/mol. The minimum absolute atomic E-state index is 0. The monoisotopic (exact) mass is 658 g/mol. The van der Waals surface area contributed by atoms with Crippen LogP contribution >= 0.6 is 11.8 Å². The van der Waals surface area contributed by atoms with Crippen molar-refractivity contribution in [2.24, 2.45) is 0 Å². The molecule has 0 fully saturated rings. The molecule has 0 saturated heterocycles. The summed E-state index contributed by atoms with van der Waals surface area (Å²) in [6, 6.07) is -0.727. The summed E-state index contributed by atoms with van der Waals surface area (Å²) in [6.45, 7) is 4.53. The van der Waals surface area contributed by atoms with Crippen molar-refractivity contribution in [3.8, 4) is 0 Å². The molecule has 44 heavy (non-hydrogen) atoms. The maximum absolute atomic E-state index is 13.0. The molecular weight excluding hydrogens is 585 g/mol. The van der Waals surface area contributed by atoms with Crippen molar-refractivity contribution in [2.45, 2.75) is 200 Å². The van der Waals surface area contributed by atoms with Gasteiger partial charge in [-0.15, -0.1) is 0 Å². The molecule has 0 heterocycles.